The highest BCUT2D eigenvalue weighted by molar-refractivity contribution is 9.10. The van der Waals surface area contributed by atoms with Gasteiger partial charge in [0.1, 0.15) is 10.0 Å². The smallest absolute Gasteiger partial charge is 0.242 e. The van der Waals surface area contributed by atoms with Gasteiger partial charge in [-0.3, -0.25) is 0 Å². The van der Waals surface area contributed by atoms with Crippen LogP contribution in [0.15, 0.2) is 45.9 Å². The summed E-state index contributed by atoms with van der Waals surface area (Å²) in [6.45, 7) is 0. The normalized spacial score (nSPS) is 12.7. The molecule has 3 aromatic rings. The summed E-state index contributed by atoms with van der Waals surface area (Å²) < 4.78 is 65.7. The number of rotatable bonds is 2. The molecule has 0 aliphatic heterocycles. The average molecular weight is 441 g/mol. The van der Waals surface area contributed by atoms with E-state index in [4.69, 9.17) is 11.6 Å². The number of pyridine rings is 1. The van der Waals surface area contributed by atoms with E-state index in [9.17, 15) is 21.6 Å². The SMILES string of the molecule is O=S(=O)(c1cnc(Cl)c(Br)c1)n1c(C(F)(F)F)nc2ccccc21. The number of halogens is 5. The van der Waals surface area contributed by atoms with Crippen LogP contribution in [0, 0.1) is 0 Å². The van der Waals surface area contributed by atoms with Crippen molar-refractivity contribution in [2.45, 2.75) is 11.1 Å². The van der Waals surface area contributed by atoms with Crippen LogP contribution in [-0.2, 0) is 16.2 Å². The fourth-order valence-corrected chi connectivity index (χ4v) is 4.13. The highest BCUT2D eigenvalue weighted by atomic mass is 79.9. The van der Waals surface area contributed by atoms with Gasteiger partial charge in [0.05, 0.1) is 15.5 Å². The summed E-state index contributed by atoms with van der Waals surface area (Å²) in [6.07, 6.45) is -4.07. The van der Waals surface area contributed by atoms with Crippen molar-refractivity contribution in [3.05, 3.63) is 52.0 Å². The number of hydrogen-bond donors (Lipinski definition) is 0. The molecule has 0 aliphatic rings. The quantitative estimate of drug-likeness (QED) is 0.563. The highest BCUT2D eigenvalue weighted by Gasteiger charge is 2.41. The van der Waals surface area contributed by atoms with Crippen molar-refractivity contribution in [1.29, 1.82) is 0 Å². The van der Waals surface area contributed by atoms with E-state index in [1.54, 1.807) is 0 Å². The van der Waals surface area contributed by atoms with Crippen molar-refractivity contribution < 1.29 is 21.6 Å². The predicted octanol–water partition coefficient (Wildman–Crippen LogP) is 4.10. The lowest BCUT2D eigenvalue weighted by atomic mass is 10.3. The van der Waals surface area contributed by atoms with Gasteiger partial charge in [0.25, 0.3) is 10.0 Å². The standard InChI is InChI=1S/C13H6BrClF3N3O2S/c14-8-5-7(6-19-11(8)15)24(22,23)21-10-4-2-1-3-9(10)20-12(21)13(16,17)18/h1-6H. The Labute approximate surface area is 147 Å². The minimum absolute atomic E-state index is 0.0134. The average Bonchev–Trinajstić information content (AvgIpc) is 2.90. The Morgan fingerprint density at radius 2 is 1.88 bits per heavy atom. The van der Waals surface area contributed by atoms with Crippen molar-refractivity contribution in [2.24, 2.45) is 0 Å². The summed E-state index contributed by atoms with van der Waals surface area (Å²) in [5.74, 6) is -1.53. The van der Waals surface area contributed by atoms with Crippen LogP contribution in [0.1, 0.15) is 5.82 Å². The summed E-state index contributed by atoms with van der Waals surface area (Å²) in [5, 5.41) is -0.0134. The van der Waals surface area contributed by atoms with Crippen LogP contribution < -0.4 is 0 Å². The number of nitrogens with zero attached hydrogens (tertiary/aromatic N) is 3. The lowest BCUT2D eigenvalue weighted by Gasteiger charge is -2.12. The number of para-hydroxylation sites is 2. The fraction of sp³-hybridized carbons (Fsp3) is 0.0769. The van der Waals surface area contributed by atoms with Gasteiger partial charge < -0.3 is 0 Å². The maximum absolute atomic E-state index is 13.3. The zero-order valence-electron chi connectivity index (χ0n) is 11.4. The molecule has 0 aliphatic carbocycles. The molecule has 0 spiro atoms. The van der Waals surface area contributed by atoms with Gasteiger partial charge in [-0.2, -0.15) is 13.2 Å². The Kier molecular flexibility index (Phi) is 4.09. The molecule has 0 saturated heterocycles. The third kappa shape index (κ3) is 2.78. The van der Waals surface area contributed by atoms with E-state index in [2.05, 4.69) is 25.9 Å². The summed E-state index contributed by atoms with van der Waals surface area (Å²) in [4.78, 5) is 6.62. The number of fused-ring (bicyclic) bond motifs is 1. The Bertz CT molecular complexity index is 1050. The van der Waals surface area contributed by atoms with E-state index in [1.807, 2.05) is 0 Å². The van der Waals surface area contributed by atoms with Gasteiger partial charge >= 0.3 is 6.18 Å². The Hall–Kier alpha value is -1.65. The van der Waals surface area contributed by atoms with E-state index in [-0.39, 0.29) is 24.6 Å². The summed E-state index contributed by atoms with van der Waals surface area (Å²) in [5.41, 5.74) is -0.273. The molecular formula is C13H6BrClF3N3O2S. The van der Waals surface area contributed by atoms with Crippen LogP contribution in [0.5, 0.6) is 0 Å². The highest BCUT2D eigenvalue weighted by Crippen LogP contribution is 2.34. The van der Waals surface area contributed by atoms with Crippen LogP contribution in [0.2, 0.25) is 5.15 Å². The van der Waals surface area contributed by atoms with Crippen LogP contribution in [0.25, 0.3) is 11.0 Å². The van der Waals surface area contributed by atoms with Gasteiger partial charge in [0.15, 0.2) is 0 Å². The van der Waals surface area contributed by atoms with Crippen molar-refractivity contribution in [2.75, 3.05) is 0 Å². The van der Waals surface area contributed by atoms with E-state index >= 15 is 0 Å². The lowest BCUT2D eigenvalue weighted by molar-refractivity contribution is -0.145. The van der Waals surface area contributed by atoms with Gasteiger partial charge in [-0.05, 0) is 34.1 Å². The molecule has 2 heterocycles. The zero-order valence-corrected chi connectivity index (χ0v) is 14.6. The van der Waals surface area contributed by atoms with Crippen LogP contribution in [0.4, 0.5) is 13.2 Å². The molecule has 0 N–H and O–H groups in total. The van der Waals surface area contributed by atoms with E-state index in [0.717, 1.165) is 12.3 Å². The molecule has 2 aromatic heterocycles. The molecule has 0 fully saturated rings. The molecule has 5 nitrogen and oxygen atoms in total. The fourth-order valence-electron chi connectivity index (χ4n) is 2.08. The molecule has 3 rings (SSSR count). The molecular weight excluding hydrogens is 435 g/mol. The number of imidazole rings is 1. The lowest BCUT2D eigenvalue weighted by Crippen LogP contribution is -2.22. The number of aromatic nitrogens is 3. The molecule has 0 amide bonds. The van der Waals surface area contributed by atoms with Crippen molar-refractivity contribution in [3.8, 4) is 0 Å². The second-order valence-corrected chi connectivity index (χ2v) is 7.63. The molecule has 1 aromatic carbocycles. The molecule has 126 valence electrons. The number of hydrogen-bond acceptors (Lipinski definition) is 4. The second-order valence-electron chi connectivity index (χ2n) is 4.63. The van der Waals surface area contributed by atoms with Crippen LogP contribution in [-0.4, -0.2) is 22.4 Å². The van der Waals surface area contributed by atoms with Crippen molar-refractivity contribution in [1.82, 2.24) is 13.9 Å². The zero-order chi connectivity index (χ0) is 17.7. The molecule has 11 heteroatoms. The van der Waals surface area contributed by atoms with Gasteiger partial charge in [-0.1, -0.05) is 23.7 Å². The molecule has 0 radical (unpaired) electrons. The first-order chi connectivity index (χ1) is 11.1. The predicted molar refractivity (Wildman–Crippen MR) is 84.3 cm³/mol. The first kappa shape index (κ1) is 17.2. The summed E-state index contributed by atoms with van der Waals surface area (Å²) in [7, 11) is -4.59. The van der Waals surface area contributed by atoms with Crippen molar-refractivity contribution in [3.63, 3.8) is 0 Å². The topological polar surface area (TPSA) is 64.8 Å². The summed E-state index contributed by atoms with van der Waals surface area (Å²) in [6, 6.07) is 6.51. The third-order valence-electron chi connectivity index (χ3n) is 3.08. The van der Waals surface area contributed by atoms with Gasteiger partial charge in [0.2, 0.25) is 5.82 Å². The monoisotopic (exact) mass is 439 g/mol. The summed E-state index contributed by atoms with van der Waals surface area (Å²) >= 11 is 8.71. The molecule has 0 bridgehead atoms. The first-order valence-electron chi connectivity index (χ1n) is 6.23. The molecule has 0 saturated carbocycles. The number of alkyl halides is 3. The van der Waals surface area contributed by atoms with Crippen LogP contribution >= 0.6 is 27.5 Å². The molecule has 0 unspecified atom stereocenters. The maximum atomic E-state index is 13.3. The molecule has 24 heavy (non-hydrogen) atoms. The van der Waals surface area contributed by atoms with E-state index in [1.165, 1.54) is 24.3 Å². The Morgan fingerprint density at radius 3 is 2.50 bits per heavy atom. The van der Waals surface area contributed by atoms with Gasteiger partial charge in [0, 0.05) is 6.20 Å². The van der Waals surface area contributed by atoms with Gasteiger partial charge in [-0.15, -0.1) is 0 Å². The van der Waals surface area contributed by atoms with E-state index < -0.39 is 26.9 Å². The molecule has 0 atom stereocenters. The number of benzene rings is 1. The van der Waals surface area contributed by atoms with Crippen molar-refractivity contribution >= 4 is 48.6 Å². The maximum Gasteiger partial charge on any atom is 0.450 e. The minimum Gasteiger partial charge on any atom is -0.242 e. The first-order valence-corrected chi connectivity index (χ1v) is 8.85. The van der Waals surface area contributed by atoms with Crippen LogP contribution in [0.3, 0.4) is 0 Å². The Balaban J connectivity index is 2.37. The van der Waals surface area contributed by atoms with E-state index in [0.29, 0.717) is 0 Å². The minimum atomic E-state index is -4.96. The third-order valence-corrected chi connectivity index (χ3v) is 5.89. The van der Waals surface area contributed by atoms with Gasteiger partial charge in [-0.25, -0.2) is 22.4 Å². The largest absolute Gasteiger partial charge is 0.450 e. The second kappa shape index (κ2) is 5.71. The Morgan fingerprint density at radius 1 is 1.21 bits per heavy atom.